The molecule has 4 aromatic rings. The molecule has 176 valence electrons. The van der Waals surface area contributed by atoms with Gasteiger partial charge in [-0.1, -0.05) is 90.1 Å². The maximum absolute atomic E-state index is 5.72. The van der Waals surface area contributed by atoms with Gasteiger partial charge in [-0.15, -0.1) is 0 Å². The van der Waals surface area contributed by atoms with Crippen molar-refractivity contribution in [3.63, 3.8) is 0 Å². The van der Waals surface area contributed by atoms with Gasteiger partial charge in [-0.25, -0.2) is 0 Å². The van der Waals surface area contributed by atoms with Gasteiger partial charge in [-0.05, 0) is 35.2 Å². The highest BCUT2D eigenvalue weighted by atomic mass is 16.5. The fraction of sp³-hybridized carbons (Fsp3) is 0.290. The molecule has 0 amide bonds. The Morgan fingerprint density at radius 2 is 1.53 bits per heavy atom. The summed E-state index contributed by atoms with van der Waals surface area (Å²) >= 11 is 0. The van der Waals surface area contributed by atoms with Crippen molar-refractivity contribution < 1.29 is 4.74 Å². The standard InChI is InChI=1S/C31H36N2O/c1-30(2,3)17-16-22-12-8-10-14-27(22)32-24-19-25(21-26(20-24)34-7)33-28-15-11-9-13-23(28)18-29(33)31(4,5)6/h8-21,32H,1-7H3/b17-16+. The summed E-state index contributed by atoms with van der Waals surface area (Å²) in [6.07, 6.45) is 4.44. The van der Waals surface area contributed by atoms with Crippen molar-refractivity contribution in [1.29, 1.82) is 0 Å². The third-order valence-corrected chi connectivity index (χ3v) is 5.87. The largest absolute Gasteiger partial charge is 0.497 e. The fourth-order valence-corrected chi connectivity index (χ4v) is 4.14. The van der Waals surface area contributed by atoms with Crippen molar-refractivity contribution in [1.82, 2.24) is 4.57 Å². The van der Waals surface area contributed by atoms with Gasteiger partial charge in [0.25, 0.3) is 0 Å². The number of para-hydroxylation sites is 2. The normalized spacial score (nSPS) is 12.4. The highest BCUT2D eigenvalue weighted by Gasteiger charge is 2.22. The average molecular weight is 453 g/mol. The van der Waals surface area contributed by atoms with Crippen LogP contribution in [0, 0.1) is 5.41 Å². The van der Waals surface area contributed by atoms with Crippen molar-refractivity contribution in [2.45, 2.75) is 47.0 Å². The summed E-state index contributed by atoms with van der Waals surface area (Å²) in [7, 11) is 1.72. The molecule has 0 saturated heterocycles. The quantitative estimate of drug-likeness (QED) is 0.327. The number of rotatable bonds is 5. The minimum Gasteiger partial charge on any atom is -0.497 e. The van der Waals surface area contributed by atoms with Gasteiger partial charge in [0, 0.05) is 40.0 Å². The first-order valence-electron chi connectivity index (χ1n) is 11.9. The zero-order valence-corrected chi connectivity index (χ0v) is 21.4. The summed E-state index contributed by atoms with van der Waals surface area (Å²) in [4.78, 5) is 0. The van der Waals surface area contributed by atoms with Crippen LogP contribution >= 0.6 is 0 Å². The van der Waals surface area contributed by atoms with Gasteiger partial charge in [0.05, 0.1) is 18.3 Å². The van der Waals surface area contributed by atoms with Gasteiger partial charge >= 0.3 is 0 Å². The zero-order valence-electron chi connectivity index (χ0n) is 21.4. The summed E-state index contributed by atoms with van der Waals surface area (Å²) in [6.45, 7) is 13.4. The van der Waals surface area contributed by atoms with Crippen LogP contribution in [0.4, 0.5) is 11.4 Å². The second kappa shape index (κ2) is 9.06. The molecule has 0 bridgehead atoms. The van der Waals surface area contributed by atoms with Gasteiger partial charge in [0.2, 0.25) is 0 Å². The number of hydrogen-bond donors (Lipinski definition) is 1. The summed E-state index contributed by atoms with van der Waals surface area (Å²) in [5.41, 5.74) is 6.86. The minimum absolute atomic E-state index is 0.0139. The molecule has 34 heavy (non-hydrogen) atoms. The lowest BCUT2D eigenvalue weighted by Gasteiger charge is -2.23. The molecule has 0 unspecified atom stereocenters. The second-order valence-electron chi connectivity index (χ2n) is 11.0. The van der Waals surface area contributed by atoms with Crippen LogP contribution in [0.3, 0.4) is 0 Å². The van der Waals surface area contributed by atoms with E-state index in [0.717, 1.165) is 28.4 Å². The van der Waals surface area contributed by atoms with Crippen LogP contribution in [-0.4, -0.2) is 11.7 Å². The second-order valence-corrected chi connectivity index (χ2v) is 11.0. The van der Waals surface area contributed by atoms with E-state index in [2.05, 4.69) is 136 Å². The molecule has 0 saturated carbocycles. The number of benzene rings is 3. The van der Waals surface area contributed by atoms with E-state index in [-0.39, 0.29) is 10.8 Å². The number of methoxy groups -OCH3 is 1. The maximum Gasteiger partial charge on any atom is 0.123 e. The summed E-state index contributed by atoms with van der Waals surface area (Å²) in [5, 5.41) is 4.89. The third-order valence-electron chi connectivity index (χ3n) is 5.87. The van der Waals surface area contributed by atoms with E-state index in [4.69, 9.17) is 4.74 Å². The Labute approximate surface area is 204 Å². The average Bonchev–Trinajstić information content (AvgIpc) is 3.18. The van der Waals surface area contributed by atoms with Crippen LogP contribution in [0.2, 0.25) is 0 Å². The highest BCUT2D eigenvalue weighted by Crippen LogP contribution is 2.35. The van der Waals surface area contributed by atoms with Crippen molar-refractivity contribution >= 4 is 28.4 Å². The van der Waals surface area contributed by atoms with Crippen molar-refractivity contribution in [3.05, 3.63) is 90.1 Å². The molecule has 1 N–H and O–H groups in total. The molecule has 4 rings (SSSR count). The molecule has 0 aliphatic rings. The summed E-state index contributed by atoms with van der Waals surface area (Å²) in [6, 6.07) is 25.6. The molecule has 1 heterocycles. The van der Waals surface area contributed by atoms with Crippen molar-refractivity contribution in [2.75, 3.05) is 12.4 Å². The Morgan fingerprint density at radius 3 is 2.24 bits per heavy atom. The molecule has 3 aromatic carbocycles. The Kier molecular flexibility index (Phi) is 6.31. The number of aromatic nitrogens is 1. The van der Waals surface area contributed by atoms with E-state index < -0.39 is 0 Å². The highest BCUT2D eigenvalue weighted by molar-refractivity contribution is 5.84. The molecule has 0 fully saturated rings. The number of fused-ring (bicyclic) bond motifs is 1. The smallest absolute Gasteiger partial charge is 0.123 e. The molecule has 0 aliphatic heterocycles. The van der Waals surface area contributed by atoms with Gasteiger partial charge in [-0.2, -0.15) is 0 Å². The first-order chi connectivity index (χ1) is 16.0. The van der Waals surface area contributed by atoms with Crippen LogP contribution in [0.25, 0.3) is 22.7 Å². The Balaban J connectivity index is 1.83. The van der Waals surface area contributed by atoms with Gasteiger partial charge < -0.3 is 14.6 Å². The Bertz CT molecular complexity index is 1330. The maximum atomic E-state index is 5.72. The van der Waals surface area contributed by atoms with E-state index in [1.807, 2.05) is 0 Å². The van der Waals surface area contributed by atoms with E-state index in [1.54, 1.807) is 7.11 Å². The van der Waals surface area contributed by atoms with Gasteiger partial charge in [0.1, 0.15) is 5.75 Å². The third kappa shape index (κ3) is 5.20. The Morgan fingerprint density at radius 1 is 0.824 bits per heavy atom. The van der Waals surface area contributed by atoms with Crippen LogP contribution in [-0.2, 0) is 5.41 Å². The van der Waals surface area contributed by atoms with Crippen LogP contribution < -0.4 is 10.1 Å². The SMILES string of the molecule is COc1cc(Nc2ccccc2/C=C/C(C)(C)C)cc(-n2c(C(C)(C)C)cc3ccccc32)c1. The number of hydrogen-bond acceptors (Lipinski definition) is 2. The molecule has 0 radical (unpaired) electrons. The number of nitrogens with zero attached hydrogens (tertiary/aromatic N) is 1. The lowest BCUT2D eigenvalue weighted by molar-refractivity contribution is 0.414. The molecule has 0 spiro atoms. The molecular formula is C31H36N2O. The number of nitrogens with one attached hydrogen (secondary N) is 1. The van der Waals surface area contributed by atoms with Gasteiger partial charge in [0.15, 0.2) is 0 Å². The predicted molar refractivity (Wildman–Crippen MR) is 147 cm³/mol. The lowest BCUT2D eigenvalue weighted by atomic mass is 9.92. The van der Waals surface area contributed by atoms with E-state index in [0.29, 0.717) is 0 Å². The molecule has 0 aliphatic carbocycles. The number of anilines is 2. The van der Waals surface area contributed by atoms with Crippen LogP contribution in [0.15, 0.2) is 78.9 Å². The topological polar surface area (TPSA) is 26.2 Å². The first kappa shape index (κ1) is 23.7. The van der Waals surface area contributed by atoms with Crippen molar-refractivity contribution in [3.8, 4) is 11.4 Å². The number of allylic oxidation sites excluding steroid dienone is 1. The fourth-order valence-electron chi connectivity index (χ4n) is 4.14. The first-order valence-corrected chi connectivity index (χ1v) is 11.9. The van der Waals surface area contributed by atoms with E-state index in [1.165, 1.54) is 16.6 Å². The molecule has 1 aromatic heterocycles. The Hall–Kier alpha value is -3.46. The molecule has 0 atom stereocenters. The zero-order chi connectivity index (χ0) is 24.5. The number of ether oxygens (including phenoxy) is 1. The molecule has 3 heteroatoms. The predicted octanol–water partition coefficient (Wildman–Crippen LogP) is 8.74. The summed E-state index contributed by atoms with van der Waals surface area (Å²) < 4.78 is 8.08. The van der Waals surface area contributed by atoms with E-state index >= 15 is 0 Å². The lowest BCUT2D eigenvalue weighted by Crippen LogP contribution is -2.16. The van der Waals surface area contributed by atoms with Crippen LogP contribution in [0.1, 0.15) is 52.8 Å². The molecule has 3 nitrogen and oxygen atoms in total. The van der Waals surface area contributed by atoms with Crippen LogP contribution in [0.5, 0.6) is 5.75 Å². The van der Waals surface area contributed by atoms with Crippen molar-refractivity contribution in [2.24, 2.45) is 5.41 Å². The summed E-state index contributed by atoms with van der Waals surface area (Å²) in [5.74, 6) is 0.820. The monoisotopic (exact) mass is 452 g/mol. The minimum atomic E-state index is -0.0139. The molecular weight excluding hydrogens is 416 g/mol. The van der Waals surface area contributed by atoms with Gasteiger partial charge in [-0.3, -0.25) is 0 Å². The van der Waals surface area contributed by atoms with E-state index in [9.17, 15) is 0 Å².